The number of benzene rings is 1. The lowest BCUT2D eigenvalue weighted by Crippen LogP contribution is -2.27. The van der Waals surface area contributed by atoms with E-state index in [4.69, 9.17) is 0 Å². The van der Waals surface area contributed by atoms with Crippen LogP contribution in [-0.2, 0) is 6.18 Å². The Morgan fingerprint density at radius 1 is 1.19 bits per heavy atom. The Bertz CT molecular complexity index is 1030. The van der Waals surface area contributed by atoms with Gasteiger partial charge in [0.15, 0.2) is 0 Å². The van der Waals surface area contributed by atoms with Gasteiger partial charge in [-0.15, -0.1) is 0 Å². The molecule has 1 aliphatic rings. The Morgan fingerprint density at radius 3 is 2.48 bits per heavy atom. The number of aromatic nitrogens is 1. The molecule has 27 heavy (non-hydrogen) atoms. The van der Waals surface area contributed by atoms with E-state index in [0.717, 1.165) is 29.2 Å². The number of hydrogen-bond donors (Lipinski definition) is 0. The molecule has 3 rings (SSSR count). The van der Waals surface area contributed by atoms with Gasteiger partial charge in [0.1, 0.15) is 11.6 Å². The zero-order chi connectivity index (χ0) is 19.6. The molecule has 1 aromatic carbocycles. The minimum atomic E-state index is -4.82. The number of rotatable bonds is 2. The first-order valence-corrected chi connectivity index (χ1v) is 8.39. The van der Waals surface area contributed by atoms with Crippen LogP contribution in [0.4, 0.5) is 13.2 Å². The molecular formula is C20H16F3N3O. The molecule has 0 saturated carbocycles. The van der Waals surface area contributed by atoms with Crippen LogP contribution >= 0.6 is 0 Å². The topological polar surface area (TPSA) is 58.1 Å². The highest BCUT2D eigenvalue weighted by Gasteiger charge is 2.36. The number of pyridine rings is 1. The van der Waals surface area contributed by atoms with Gasteiger partial charge in [-0.3, -0.25) is 4.79 Å². The molecule has 0 bridgehead atoms. The molecule has 7 heteroatoms. The number of hydrogen-bond acceptors (Lipinski definition) is 3. The number of alkyl halides is 3. The summed E-state index contributed by atoms with van der Waals surface area (Å²) in [7, 11) is 0. The van der Waals surface area contributed by atoms with Crippen LogP contribution in [0.3, 0.4) is 0 Å². The van der Waals surface area contributed by atoms with Crippen LogP contribution in [0.25, 0.3) is 11.3 Å². The SMILES string of the molecule is CC1=C/C(=N\n2c(-c3ccccc3)cc(C(F)(F)F)c(C#N)c2=O)CCC1. The summed E-state index contributed by atoms with van der Waals surface area (Å²) in [5.74, 6) is 0. The number of nitriles is 1. The van der Waals surface area contributed by atoms with E-state index in [9.17, 15) is 23.2 Å². The summed E-state index contributed by atoms with van der Waals surface area (Å²) in [5.41, 5.74) is -1.19. The predicted molar refractivity (Wildman–Crippen MR) is 96.3 cm³/mol. The van der Waals surface area contributed by atoms with Crippen LogP contribution < -0.4 is 5.56 Å². The molecule has 0 unspecified atom stereocenters. The predicted octanol–water partition coefficient (Wildman–Crippen LogP) is 4.74. The van der Waals surface area contributed by atoms with Gasteiger partial charge in [-0.05, 0) is 38.3 Å². The molecule has 1 aliphatic carbocycles. The van der Waals surface area contributed by atoms with Crippen LogP contribution in [0.2, 0.25) is 0 Å². The van der Waals surface area contributed by atoms with Crippen molar-refractivity contribution in [1.29, 1.82) is 5.26 Å². The van der Waals surface area contributed by atoms with Crippen molar-refractivity contribution in [3.8, 4) is 17.3 Å². The molecule has 1 heterocycles. The van der Waals surface area contributed by atoms with E-state index in [1.54, 1.807) is 30.3 Å². The fraction of sp³-hybridized carbons (Fsp3) is 0.250. The van der Waals surface area contributed by atoms with Gasteiger partial charge in [-0.2, -0.15) is 28.2 Å². The number of allylic oxidation sites excluding steroid dienone is 2. The standard InChI is InChI=1S/C20H16F3N3O/c1-13-6-5-9-15(10-13)25-26-18(14-7-3-2-4-8-14)11-17(20(21,22)23)16(12-24)19(26)27/h2-4,7-8,10-11H,5-6,9H2,1H3/b25-15-. The molecule has 0 N–H and O–H groups in total. The van der Waals surface area contributed by atoms with Crippen molar-refractivity contribution >= 4 is 5.71 Å². The fourth-order valence-electron chi connectivity index (χ4n) is 3.03. The fourth-order valence-corrected chi connectivity index (χ4v) is 3.03. The Kier molecular flexibility index (Phi) is 5.00. The van der Waals surface area contributed by atoms with Crippen molar-refractivity contribution in [2.75, 3.05) is 0 Å². The van der Waals surface area contributed by atoms with Gasteiger partial charge in [-0.25, -0.2) is 0 Å². The summed E-state index contributed by atoms with van der Waals surface area (Å²) in [4.78, 5) is 12.7. The van der Waals surface area contributed by atoms with Gasteiger partial charge in [-0.1, -0.05) is 35.9 Å². The smallest absolute Gasteiger partial charge is 0.266 e. The molecule has 0 radical (unpaired) electrons. The lowest BCUT2D eigenvalue weighted by atomic mass is 9.99. The lowest BCUT2D eigenvalue weighted by Gasteiger charge is -2.16. The Balaban J connectivity index is 2.35. The molecular weight excluding hydrogens is 355 g/mol. The van der Waals surface area contributed by atoms with Gasteiger partial charge in [0.2, 0.25) is 0 Å². The van der Waals surface area contributed by atoms with E-state index in [0.29, 0.717) is 17.7 Å². The lowest BCUT2D eigenvalue weighted by molar-refractivity contribution is -0.137. The summed E-state index contributed by atoms with van der Waals surface area (Å²) in [6.07, 6.45) is -0.616. The monoisotopic (exact) mass is 371 g/mol. The van der Waals surface area contributed by atoms with E-state index in [1.165, 1.54) is 6.07 Å². The third kappa shape index (κ3) is 3.85. The second kappa shape index (κ2) is 7.23. The largest absolute Gasteiger partial charge is 0.417 e. The Morgan fingerprint density at radius 2 is 1.89 bits per heavy atom. The highest BCUT2D eigenvalue weighted by Crippen LogP contribution is 2.33. The molecule has 0 aliphatic heterocycles. The summed E-state index contributed by atoms with van der Waals surface area (Å²) < 4.78 is 41.1. The number of nitrogens with zero attached hydrogens (tertiary/aromatic N) is 3. The van der Waals surface area contributed by atoms with Crippen LogP contribution in [0.1, 0.15) is 37.3 Å². The summed E-state index contributed by atoms with van der Waals surface area (Å²) >= 11 is 0. The van der Waals surface area contributed by atoms with Crippen molar-refractivity contribution in [2.24, 2.45) is 5.10 Å². The quantitative estimate of drug-likeness (QED) is 0.766. The van der Waals surface area contributed by atoms with E-state index in [-0.39, 0.29) is 5.69 Å². The average molecular weight is 371 g/mol. The van der Waals surface area contributed by atoms with Gasteiger partial charge in [0, 0.05) is 5.56 Å². The van der Waals surface area contributed by atoms with Gasteiger partial charge in [0.25, 0.3) is 5.56 Å². The highest BCUT2D eigenvalue weighted by atomic mass is 19.4. The van der Waals surface area contributed by atoms with E-state index >= 15 is 0 Å². The second-order valence-electron chi connectivity index (χ2n) is 6.35. The first-order valence-electron chi connectivity index (χ1n) is 8.39. The third-order valence-electron chi connectivity index (χ3n) is 4.32. The zero-order valence-electron chi connectivity index (χ0n) is 14.5. The summed E-state index contributed by atoms with van der Waals surface area (Å²) in [6, 6.07) is 10.5. The Hall–Kier alpha value is -3.14. The first kappa shape index (κ1) is 18.6. The minimum Gasteiger partial charge on any atom is -0.266 e. The summed E-state index contributed by atoms with van der Waals surface area (Å²) in [5, 5.41) is 13.5. The van der Waals surface area contributed by atoms with Crippen molar-refractivity contribution in [2.45, 2.75) is 32.4 Å². The van der Waals surface area contributed by atoms with Crippen molar-refractivity contribution in [1.82, 2.24) is 4.68 Å². The second-order valence-corrected chi connectivity index (χ2v) is 6.35. The molecule has 138 valence electrons. The van der Waals surface area contributed by atoms with Crippen LogP contribution in [0, 0.1) is 11.3 Å². The molecule has 0 spiro atoms. The molecule has 0 saturated heterocycles. The first-order chi connectivity index (χ1) is 12.8. The number of halogens is 3. The van der Waals surface area contributed by atoms with Crippen molar-refractivity contribution in [3.63, 3.8) is 0 Å². The van der Waals surface area contributed by atoms with E-state index < -0.39 is 22.9 Å². The van der Waals surface area contributed by atoms with Crippen molar-refractivity contribution < 1.29 is 13.2 Å². The van der Waals surface area contributed by atoms with Crippen molar-refractivity contribution in [3.05, 3.63) is 69.5 Å². The molecule has 4 nitrogen and oxygen atoms in total. The van der Waals surface area contributed by atoms with E-state index in [2.05, 4.69) is 5.10 Å². The average Bonchev–Trinajstić information content (AvgIpc) is 2.63. The molecule has 0 fully saturated rings. The zero-order valence-corrected chi connectivity index (χ0v) is 14.5. The van der Waals surface area contributed by atoms with Gasteiger partial charge < -0.3 is 0 Å². The van der Waals surface area contributed by atoms with Gasteiger partial charge >= 0.3 is 6.18 Å². The maximum Gasteiger partial charge on any atom is 0.417 e. The van der Waals surface area contributed by atoms with Crippen LogP contribution in [0.15, 0.2) is 57.9 Å². The van der Waals surface area contributed by atoms with Crippen LogP contribution in [0.5, 0.6) is 0 Å². The molecule has 0 atom stereocenters. The molecule has 0 amide bonds. The van der Waals surface area contributed by atoms with E-state index in [1.807, 2.05) is 13.0 Å². The molecule has 1 aromatic heterocycles. The molecule has 2 aromatic rings. The normalized spacial score (nSPS) is 16.1. The van der Waals surface area contributed by atoms with Gasteiger partial charge in [0.05, 0.1) is 17.0 Å². The van der Waals surface area contributed by atoms with Crippen LogP contribution in [-0.4, -0.2) is 10.4 Å². The summed E-state index contributed by atoms with van der Waals surface area (Å²) in [6.45, 7) is 1.93. The Labute approximate surface area is 153 Å². The maximum absolute atomic E-state index is 13.4. The minimum absolute atomic E-state index is 0.00366. The third-order valence-corrected chi connectivity index (χ3v) is 4.32. The highest BCUT2D eigenvalue weighted by molar-refractivity contribution is 5.96. The maximum atomic E-state index is 13.4.